The second-order valence-electron chi connectivity index (χ2n) is 4.79. The molecule has 0 bridgehead atoms. The van der Waals surface area contributed by atoms with Crippen LogP contribution in [0.3, 0.4) is 0 Å². The first-order chi connectivity index (χ1) is 11.0. The maximum Gasteiger partial charge on any atom is 0.377 e. The Morgan fingerprint density at radius 1 is 1.04 bits per heavy atom. The van der Waals surface area contributed by atoms with Crippen LogP contribution in [-0.4, -0.2) is 41.5 Å². The fourth-order valence-corrected chi connectivity index (χ4v) is 2.43. The van der Waals surface area contributed by atoms with Gasteiger partial charge in [0.15, 0.2) is 12.8 Å². The molecular formula is C14H12F8OS. The zero-order chi connectivity index (χ0) is 18.6. The highest BCUT2D eigenvalue weighted by atomic mass is 32.2. The van der Waals surface area contributed by atoms with Crippen molar-refractivity contribution in [1.82, 2.24) is 0 Å². The van der Waals surface area contributed by atoms with Crippen molar-refractivity contribution in [2.45, 2.75) is 30.4 Å². The number of thioether (sulfide) groups is 1. The van der Waals surface area contributed by atoms with Gasteiger partial charge in [-0.3, -0.25) is 4.79 Å². The van der Waals surface area contributed by atoms with Gasteiger partial charge < -0.3 is 0 Å². The Kier molecular flexibility index (Phi) is 6.66. The van der Waals surface area contributed by atoms with E-state index in [1.165, 1.54) is 24.3 Å². The molecule has 1 unspecified atom stereocenters. The molecular weight excluding hydrogens is 368 g/mol. The number of benzene rings is 1. The smallest absolute Gasteiger partial charge is 0.282 e. The third-order valence-electron chi connectivity index (χ3n) is 3.05. The first-order valence-electron chi connectivity index (χ1n) is 6.53. The predicted octanol–water partition coefficient (Wildman–Crippen LogP) is 5.16. The summed E-state index contributed by atoms with van der Waals surface area (Å²) in [4.78, 5) is 11.6. The second kappa shape index (κ2) is 7.71. The summed E-state index contributed by atoms with van der Waals surface area (Å²) in [6.45, 7) is -3.05. The standard InChI is InChI=1S/C14H12F8OS/c15-8-12(17,18)14(21,22)13(19,20)10(16)6-7-24-11(23)9-4-2-1-3-5-9/h1-5,10H,6-8H2. The molecule has 1 aromatic rings. The van der Waals surface area contributed by atoms with E-state index in [4.69, 9.17) is 0 Å². The average Bonchev–Trinajstić information content (AvgIpc) is 2.54. The number of hydrogen-bond donors (Lipinski definition) is 0. The number of halogens is 8. The van der Waals surface area contributed by atoms with E-state index < -0.39 is 47.9 Å². The largest absolute Gasteiger partial charge is 0.377 e. The van der Waals surface area contributed by atoms with E-state index in [-0.39, 0.29) is 5.56 Å². The Morgan fingerprint density at radius 3 is 2.08 bits per heavy atom. The predicted molar refractivity (Wildman–Crippen MR) is 73.6 cm³/mol. The lowest BCUT2D eigenvalue weighted by Gasteiger charge is -2.33. The van der Waals surface area contributed by atoms with E-state index in [0.717, 1.165) is 0 Å². The van der Waals surface area contributed by atoms with E-state index in [0.29, 0.717) is 11.8 Å². The van der Waals surface area contributed by atoms with Crippen LogP contribution in [0.15, 0.2) is 30.3 Å². The molecule has 0 heterocycles. The molecule has 0 spiro atoms. The molecule has 0 aromatic heterocycles. The highest BCUT2D eigenvalue weighted by Gasteiger charge is 2.74. The lowest BCUT2D eigenvalue weighted by Crippen LogP contribution is -2.59. The summed E-state index contributed by atoms with van der Waals surface area (Å²) < 4.78 is 103. The van der Waals surface area contributed by atoms with Crippen molar-refractivity contribution in [3.63, 3.8) is 0 Å². The topological polar surface area (TPSA) is 17.1 Å². The Hall–Kier alpha value is -1.32. The number of rotatable bonds is 8. The van der Waals surface area contributed by atoms with Gasteiger partial charge >= 0.3 is 17.8 Å². The van der Waals surface area contributed by atoms with Crippen molar-refractivity contribution in [1.29, 1.82) is 0 Å². The maximum absolute atomic E-state index is 13.4. The zero-order valence-electron chi connectivity index (χ0n) is 11.9. The average molecular weight is 380 g/mol. The molecule has 136 valence electrons. The van der Waals surface area contributed by atoms with Crippen molar-refractivity contribution < 1.29 is 39.9 Å². The maximum atomic E-state index is 13.4. The minimum absolute atomic E-state index is 0.180. The van der Waals surface area contributed by atoms with Gasteiger partial charge in [-0.25, -0.2) is 8.78 Å². The molecule has 0 amide bonds. The summed E-state index contributed by atoms with van der Waals surface area (Å²) in [7, 11) is 0. The molecule has 0 saturated heterocycles. The quantitative estimate of drug-likeness (QED) is 0.580. The highest BCUT2D eigenvalue weighted by Crippen LogP contribution is 2.49. The lowest BCUT2D eigenvalue weighted by atomic mass is 9.99. The summed E-state index contributed by atoms with van der Waals surface area (Å²) in [5.41, 5.74) is 0.180. The van der Waals surface area contributed by atoms with Crippen LogP contribution in [0.4, 0.5) is 35.1 Å². The molecule has 0 aliphatic rings. The number of alkyl halides is 8. The van der Waals surface area contributed by atoms with Crippen LogP contribution < -0.4 is 0 Å². The number of carbonyl (C=O) groups is 1. The SMILES string of the molecule is O=C(SCCC(F)C(F)(F)C(F)(F)C(F)(F)CF)c1ccccc1. The molecule has 0 N–H and O–H groups in total. The van der Waals surface area contributed by atoms with Crippen molar-refractivity contribution in [3.05, 3.63) is 35.9 Å². The Morgan fingerprint density at radius 2 is 1.58 bits per heavy atom. The molecule has 1 atom stereocenters. The summed E-state index contributed by atoms with van der Waals surface area (Å²) in [5.74, 6) is -18.3. The molecule has 10 heteroatoms. The van der Waals surface area contributed by atoms with E-state index in [1.54, 1.807) is 6.07 Å². The van der Waals surface area contributed by atoms with Crippen LogP contribution in [0.5, 0.6) is 0 Å². The third kappa shape index (κ3) is 4.20. The fourth-order valence-electron chi connectivity index (χ4n) is 1.62. The van der Waals surface area contributed by atoms with Crippen LogP contribution >= 0.6 is 11.8 Å². The van der Waals surface area contributed by atoms with Crippen LogP contribution in [-0.2, 0) is 0 Å². The molecule has 0 aliphatic heterocycles. The van der Waals surface area contributed by atoms with Crippen LogP contribution in [0.2, 0.25) is 0 Å². The van der Waals surface area contributed by atoms with Gasteiger partial charge in [-0.1, -0.05) is 42.1 Å². The molecule has 1 aromatic carbocycles. The van der Waals surface area contributed by atoms with Gasteiger partial charge in [0, 0.05) is 11.3 Å². The Labute approximate surface area is 136 Å². The van der Waals surface area contributed by atoms with Crippen molar-refractivity contribution >= 4 is 16.9 Å². The molecule has 0 saturated carbocycles. The van der Waals surface area contributed by atoms with Gasteiger partial charge in [-0.15, -0.1) is 0 Å². The molecule has 0 fully saturated rings. The lowest BCUT2D eigenvalue weighted by molar-refractivity contribution is -0.327. The molecule has 1 nitrogen and oxygen atoms in total. The van der Waals surface area contributed by atoms with E-state index >= 15 is 0 Å². The van der Waals surface area contributed by atoms with Crippen LogP contribution in [0.25, 0.3) is 0 Å². The first-order valence-corrected chi connectivity index (χ1v) is 7.51. The second-order valence-corrected chi connectivity index (χ2v) is 5.86. The van der Waals surface area contributed by atoms with Crippen molar-refractivity contribution in [2.75, 3.05) is 12.4 Å². The van der Waals surface area contributed by atoms with Crippen molar-refractivity contribution in [2.24, 2.45) is 0 Å². The zero-order valence-corrected chi connectivity index (χ0v) is 12.7. The fraction of sp³-hybridized carbons (Fsp3) is 0.500. The molecule has 0 aliphatic carbocycles. The van der Waals surface area contributed by atoms with E-state index in [9.17, 15) is 39.9 Å². The minimum atomic E-state index is -6.19. The first kappa shape index (κ1) is 20.7. The summed E-state index contributed by atoms with van der Waals surface area (Å²) in [6, 6.07) is 7.42. The molecule has 1 rings (SSSR count). The van der Waals surface area contributed by atoms with Gasteiger partial charge in [0.25, 0.3) is 0 Å². The summed E-state index contributed by atoms with van der Waals surface area (Å²) in [6.07, 6.45) is -4.95. The van der Waals surface area contributed by atoms with Crippen LogP contribution in [0, 0.1) is 0 Å². The van der Waals surface area contributed by atoms with E-state index in [2.05, 4.69) is 0 Å². The monoisotopic (exact) mass is 380 g/mol. The third-order valence-corrected chi connectivity index (χ3v) is 3.99. The van der Waals surface area contributed by atoms with Gasteiger partial charge in [-0.05, 0) is 6.42 Å². The molecule has 24 heavy (non-hydrogen) atoms. The van der Waals surface area contributed by atoms with Crippen LogP contribution in [0.1, 0.15) is 16.8 Å². The minimum Gasteiger partial charge on any atom is -0.282 e. The number of hydrogen-bond acceptors (Lipinski definition) is 2. The summed E-state index contributed by atoms with van der Waals surface area (Å²) >= 11 is 0.379. The van der Waals surface area contributed by atoms with Gasteiger partial charge in [0.2, 0.25) is 5.12 Å². The number of carbonyl (C=O) groups excluding carboxylic acids is 1. The Balaban J connectivity index is 2.66. The highest BCUT2D eigenvalue weighted by molar-refractivity contribution is 8.14. The Bertz CT molecular complexity index is 549. The van der Waals surface area contributed by atoms with Gasteiger partial charge in [0.05, 0.1) is 0 Å². The van der Waals surface area contributed by atoms with Gasteiger partial charge in [-0.2, -0.15) is 26.3 Å². The molecule has 0 radical (unpaired) electrons. The normalized spacial score (nSPS) is 14.5. The van der Waals surface area contributed by atoms with Crippen molar-refractivity contribution in [3.8, 4) is 0 Å². The van der Waals surface area contributed by atoms with E-state index in [1.807, 2.05) is 0 Å². The summed E-state index contributed by atoms with van der Waals surface area (Å²) in [5, 5.41) is -0.619. The van der Waals surface area contributed by atoms with Gasteiger partial charge in [0.1, 0.15) is 0 Å².